The van der Waals surface area contributed by atoms with Crippen LogP contribution in [-0.4, -0.2) is 17.4 Å². The van der Waals surface area contributed by atoms with E-state index in [1.165, 1.54) is 0 Å². The highest BCUT2D eigenvalue weighted by atomic mass is 16.2. The molecule has 0 spiro atoms. The normalized spacial score (nSPS) is 15.5. The number of hydrogen-bond acceptors (Lipinski definition) is 2. The number of nitrogens with one attached hydrogen (secondary N) is 1. The van der Waals surface area contributed by atoms with Gasteiger partial charge in [-0.15, -0.1) is 6.58 Å². The van der Waals surface area contributed by atoms with E-state index < -0.39 is 17.7 Å². The Morgan fingerprint density at radius 3 is 1.95 bits per heavy atom. The van der Waals surface area contributed by atoms with Gasteiger partial charge in [0.25, 0.3) is 0 Å². The first-order chi connectivity index (χ1) is 8.40. The van der Waals surface area contributed by atoms with Gasteiger partial charge in [0.1, 0.15) is 0 Å². The second-order valence-corrected chi connectivity index (χ2v) is 7.12. The summed E-state index contributed by atoms with van der Waals surface area (Å²) in [4.78, 5) is 24.1. The third kappa shape index (κ3) is 5.90. The average molecular weight is 268 g/mol. The summed E-state index contributed by atoms with van der Waals surface area (Å²) in [6.07, 6.45) is 2.05. The van der Waals surface area contributed by atoms with Crippen LogP contribution in [0.5, 0.6) is 0 Å². The highest BCUT2D eigenvalue weighted by molar-refractivity contribution is 5.87. The number of amides is 2. The Bertz CT molecular complexity index is 348. The third-order valence-electron chi connectivity index (χ3n) is 2.90. The van der Waals surface area contributed by atoms with Gasteiger partial charge in [0.2, 0.25) is 11.8 Å². The van der Waals surface area contributed by atoms with Crippen molar-refractivity contribution >= 4 is 11.8 Å². The van der Waals surface area contributed by atoms with Crippen molar-refractivity contribution in [2.45, 2.75) is 53.5 Å². The summed E-state index contributed by atoms with van der Waals surface area (Å²) in [6, 6.07) is 0. The monoisotopic (exact) mass is 268 g/mol. The number of hydrogen-bond donors (Lipinski definition) is 2. The standard InChI is InChI=1S/C15H28N2O2/c1-8-9-10(12(16)18)11(14(2,3)4)13(19)17-15(5,6)7/h8,10-11H,1,9H2,2-7H3,(H2,16,18)(H,17,19)/t10?,11-/m1/s1. The second kappa shape index (κ2) is 6.22. The van der Waals surface area contributed by atoms with Crippen LogP contribution < -0.4 is 11.1 Å². The molecule has 0 radical (unpaired) electrons. The van der Waals surface area contributed by atoms with Gasteiger partial charge in [-0.2, -0.15) is 0 Å². The van der Waals surface area contributed by atoms with Crippen LogP contribution >= 0.6 is 0 Å². The van der Waals surface area contributed by atoms with E-state index in [0.717, 1.165) is 0 Å². The molecule has 0 aromatic carbocycles. The molecule has 3 N–H and O–H groups in total. The first-order valence-electron chi connectivity index (χ1n) is 6.62. The highest BCUT2D eigenvalue weighted by Crippen LogP contribution is 2.34. The van der Waals surface area contributed by atoms with Crippen molar-refractivity contribution in [2.24, 2.45) is 23.0 Å². The molecule has 0 saturated heterocycles. The molecule has 0 rings (SSSR count). The number of primary amides is 1. The van der Waals surface area contributed by atoms with E-state index >= 15 is 0 Å². The SMILES string of the molecule is C=CCC(C(N)=O)[C@H](C(=O)NC(C)(C)C)C(C)(C)C. The van der Waals surface area contributed by atoms with Gasteiger partial charge in [-0.3, -0.25) is 9.59 Å². The Labute approximate surface area is 116 Å². The van der Waals surface area contributed by atoms with Crippen molar-refractivity contribution in [3.8, 4) is 0 Å². The minimum absolute atomic E-state index is 0.134. The molecule has 0 aliphatic carbocycles. The predicted molar refractivity (Wildman–Crippen MR) is 78.3 cm³/mol. The van der Waals surface area contributed by atoms with Crippen molar-refractivity contribution in [1.82, 2.24) is 5.32 Å². The lowest BCUT2D eigenvalue weighted by molar-refractivity contribution is -0.138. The van der Waals surface area contributed by atoms with E-state index in [-0.39, 0.29) is 16.9 Å². The molecule has 0 aromatic heterocycles. The number of carbonyl (C=O) groups is 2. The second-order valence-electron chi connectivity index (χ2n) is 7.12. The largest absolute Gasteiger partial charge is 0.369 e. The lowest BCUT2D eigenvalue weighted by atomic mass is 9.71. The molecule has 2 amide bonds. The van der Waals surface area contributed by atoms with Crippen LogP contribution in [0.25, 0.3) is 0 Å². The summed E-state index contributed by atoms with van der Waals surface area (Å²) in [5.41, 5.74) is 4.77. The van der Waals surface area contributed by atoms with Crippen LogP contribution in [0.15, 0.2) is 12.7 Å². The maximum absolute atomic E-state index is 12.5. The zero-order valence-corrected chi connectivity index (χ0v) is 13.0. The molecule has 110 valence electrons. The molecule has 0 heterocycles. The minimum Gasteiger partial charge on any atom is -0.369 e. The maximum atomic E-state index is 12.5. The lowest BCUT2D eigenvalue weighted by Crippen LogP contribution is -2.51. The zero-order valence-electron chi connectivity index (χ0n) is 13.0. The van der Waals surface area contributed by atoms with Crippen LogP contribution in [0.2, 0.25) is 0 Å². The molecule has 19 heavy (non-hydrogen) atoms. The van der Waals surface area contributed by atoms with Crippen LogP contribution in [0.1, 0.15) is 48.0 Å². The summed E-state index contributed by atoms with van der Waals surface area (Å²) in [6.45, 7) is 15.2. The Hall–Kier alpha value is -1.32. The fourth-order valence-corrected chi connectivity index (χ4v) is 2.22. The van der Waals surface area contributed by atoms with Crippen molar-refractivity contribution in [2.75, 3.05) is 0 Å². The molecule has 2 atom stereocenters. The highest BCUT2D eigenvalue weighted by Gasteiger charge is 2.41. The smallest absolute Gasteiger partial charge is 0.224 e. The summed E-state index contributed by atoms with van der Waals surface area (Å²) < 4.78 is 0. The number of allylic oxidation sites excluding steroid dienone is 1. The zero-order chi connectivity index (χ0) is 15.4. The van der Waals surface area contributed by atoms with Crippen LogP contribution in [0.4, 0.5) is 0 Å². The van der Waals surface area contributed by atoms with Gasteiger partial charge in [0.15, 0.2) is 0 Å². The van der Waals surface area contributed by atoms with Gasteiger partial charge in [-0.1, -0.05) is 26.8 Å². The molecule has 4 heteroatoms. The summed E-state index contributed by atoms with van der Waals surface area (Å²) in [5.74, 6) is -1.59. The van der Waals surface area contributed by atoms with Gasteiger partial charge in [0, 0.05) is 5.54 Å². The van der Waals surface area contributed by atoms with E-state index in [9.17, 15) is 9.59 Å². The van der Waals surface area contributed by atoms with Crippen LogP contribution in [0.3, 0.4) is 0 Å². The fraction of sp³-hybridized carbons (Fsp3) is 0.733. The van der Waals surface area contributed by atoms with Gasteiger partial charge in [-0.05, 0) is 32.6 Å². The number of nitrogens with two attached hydrogens (primary N) is 1. The maximum Gasteiger partial charge on any atom is 0.224 e. The molecule has 0 aromatic rings. The van der Waals surface area contributed by atoms with Crippen molar-refractivity contribution in [3.63, 3.8) is 0 Å². The predicted octanol–water partition coefficient (Wildman–Crippen LogP) is 2.24. The molecular weight excluding hydrogens is 240 g/mol. The third-order valence-corrected chi connectivity index (χ3v) is 2.90. The molecule has 0 saturated carbocycles. The molecule has 0 aliphatic heterocycles. The van der Waals surface area contributed by atoms with E-state index in [1.807, 2.05) is 41.5 Å². The Kier molecular flexibility index (Phi) is 5.79. The van der Waals surface area contributed by atoms with Gasteiger partial charge in [-0.25, -0.2) is 0 Å². The molecule has 4 nitrogen and oxygen atoms in total. The Balaban J connectivity index is 5.37. The van der Waals surface area contributed by atoms with Crippen LogP contribution in [0, 0.1) is 17.3 Å². The van der Waals surface area contributed by atoms with Crippen molar-refractivity contribution < 1.29 is 9.59 Å². The van der Waals surface area contributed by atoms with E-state index in [0.29, 0.717) is 6.42 Å². The van der Waals surface area contributed by atoms with E-state index in [4.69, 9.17) is 5.73 Å². The first-order valence-corrected chi connectivity index (χ1v) is 6.62. The van der Waals surface area contributed by atoms with Gasteiger partial charge >= 0.3 is 0 Å². The topological polar surface area (TPSA) is 72.2 Å². The summed E-state index contributed by atoms with van der Waals surface area (Å²) in [7, 11) is 0. The number of carbonyl (C=O) groups excluding carboxylic acids is 2. The molecule has 0 bridgehead atoms. The molecule has 0 aliphatic rings. The molecule has 0 fully saturated rings. The van der Waals surface area contributed by atoms with Crippen molar-refractivity contribution in [3.05, 3.63) is 12.7 Å². The fourth-order valence-electron chi connectivity index (χ4n) is 2.22. The lowest BCUT2D eigenvalue weighted by Gasteiger charge is -2.36. The molecular formula is C15H28N2O2. The Morgan fingerprint density at radius 2 is 1.68 bits per heavy atom. The minimum atomic E-state index is -0.528. The Morgan fingerprint density at radius 1 is 1.21 bits per heavy atom. The van der Waals surface area contributed by atoms with Gasteiger partial charge < -0.3 is 11.1 Å². The summed E-state index contributed by atoms with van der Waals surface area (Å²) >= 11 is 0. The van der Waals surface area contributed by atoms with Gasteiger partial charge in [0.05, 0.1) is 11.8 Å². The summed E-state index contributed by atoms with van der Waals surface area (Å²) in [5, 5.41) is 2.94. The molecule has 1 unspecified atom stereocenters. The van der Waals surface area contributed by atoms with E-state index in [2.05, 4.69) is 11.9 Å². The first kappa shape index (κ1) is 17.7. The number of rotatable bonds is 5. The van der Waals surface area contributed by atoms with Crippen LogP contribution in [-0.2, 0) is 9.59 Å². The quantitative estimate of drug-likeness (QED) is 0.751. The van der Waals surface area contributed by atoms with Crippen molar-refractivity contribution in [1.29, 1.82) is 0 Å². The average Bonchev–Trinajstić information content (AvgIpc) is 2.11. The van der Waals surface area contributed by atoms with E-state index in [1.54, 1.807) is 6.08 Å².